The van der Waals surface area contributed by atoms with Crippen LogP contribution >= 0.6 is 0 Å². The molecule has 0 saturated carbocycles. The molecule has 1 aliphatic rings. The lowest BCUT2D eigenvalue weighted by atomic mass is 10.1. The molecule has 1 heterocycles. The maximum absolute atomic E-state index is 12.0. The normalized spacial score (nSPS) is 14.9. The summed E-state index contributed by atoms with van der Waals surface area (Å²) < 4.78 is 0. The zero-order chi connectivity index (χ0) is 21.0. The highest BCUT2D eigenvalue weighted by molar-refractivity contribution is 5.94. The number of guanidine groups is 1. The molecule has 6 nitrogen and oxygen atoms in total. The van der Waals surface area contributed by atoms with E-state index in [4.69, 9.17) is 0 Å². The molecule has 0 unspecified atom stereocenters. The van der Waals surface area contributed by atoms with E-state index in [0.717, 1.165) is 12.5 Å². The Morgan fingerprint density at radius 2 is 1.53 bits per heavy atom. The molecule has 3 N–H and O–H groups in total. The van der Waals surface area contributed by atoms with Gasteiger partial charge < -0.3 is 16.0 Å². The van der Waals surface area contributed by atoms with Gasteiger partial charge in [-0.3, -0.25) is 14.7 Å². The first-order valence-electron chi connectivity index (χ1n) is 10.8. The summed E-state index contributed by atoms with van der Waals surface area (Å²) in [7, 11) is 1.75. The molecule has 1 aliphatic heterocycles. The number of nitrogens with one attached hydrogen (secondary N) is 3. The lowest BCUT2D eigenvalue weighted by Gasteiger charge is -2.26. The third-order valence-corrected chi connectivity index (χ3v) is 5.30. The smallest absolute Gasteiger partial charge is 0.251 e. The van der Waals surface area contributed by atoms with E-state index in [2.05, 4.69) is 50.1 Å². The number of aliphatic imine (C=N–C) groups is 1. The molecule has 0 atom stereocenters. The van der Waals surface area contributed by atoms with E-state index in [1.54, 1.807) is 19.2 Å². The number of hydrogen-bond acceptors (Lipinski definition) is 3. The van der Waals surface area contributed by atoms with Crippen LogP contribution in [0.15, 0.2) is 59.6 Å². The van der Waals surface area contributed by atoms with Gasteiger partial charge in [-0.15, -0.1) is 0 Å². The summed E-state index contributed by atoms with van der Waals surface area (Å²) in [5, 5.41) is 9.46. The fourth-order valence-corrected chi connectivity index (χ4v) is 3.59. The van der Waals surface area contributed by atoms with Gasteiger partial charge in [0, 0.05) is 38.8 Å². The zero-order valence-corrected chi connectivity index (χ0v) is 17.9. The van der Waals surface area contributed by atoms with Gasteiger partial charge in [0.05, 0.1) is 0 Å². The largest absolute Gasteiger partial charge is 0.355 e. The highest BCUT2D eigenvalue weighted by Crippen LogP contribution is 2.13. The van der Waals surface area contributed by atoms with Crippen molar-refractivity contribution in [3.8, 4) is 0 Å². The van der Waals surface area contributed by atoms with Crippen LogP contribution < -0.4 is 16.0 Å². The summed E-state index contributed by atoms with van der Waals surface area (Å²) in [5.41, 5.74) is 3.26. The summed E-state index contributed by atoms with van der Waals surface area (Å²) >= 11 is 0. The fraction of sp³-hybridized carbons (Fsp3) is 0.417. The van der Waals surface area contributed by atoms with Crippen LogP contribution in [0.2, 0.25) is 0 Å². The van der Waals surface area contributed by atoms with E-state index in [1.807, 2.05) is 18.2 Å². The Kier molecular flexibility index (Phi) is 8.72. The molecular formula is C24H33N5O. The van der Waals surface area contributed by atoms with Crippen molar-refractivity contribution in [1.29, 1.82) is 0 Å². The molecular weight excluding hydrogens is 374 g/mol. The van der Waals surface area contributed by atoms with E-state index in [0.29, 0.717) is 25.2 Å². The minimum Gasteiger partial charge on any atom is -0.355 e. The molecule has 0 aromatic heterocycles. The highest BCUT2D eigenvalue weighted by atomic mass is 16.1. The van der Waals surface area contributed by atoms with Gasteiger partial charge in [-0.1, -0.05) is 48.9 Å². The van der Waals surface area contributed by atoms with Gasteiger partial charge in [0.1, 0.15) is 0 Å². The standard InChI is InChI=1S/C24H33N5O/c1-25-24(27-15-14-26-23(30)22-8-4-2-5-9-22)28-18-20-10-12-21(13-11-20)19-29-16-6-3-7-17-29/h2,4-5,8-13H,3,6-7,14-19H2,1H3,(H,26,30)(H2,25,27,28). The van der Waals surface area contributed by atoms with Crippen molar-refractivity contribution in [2.45, 2.75) is 32.4 Å². The predicted octanol–water partition coefficient (Wildman–Crippen LogP) is 2.77. The Labute approximate surface area is 179 Å². The first-order chi connectivity index (χ1) is 14.7. The highest BCUT2D eigenvalue weighted by Gasteiger charge is 2.10. The molecule has 0 spiro atoms. The molecule has 2 aromatic rings. The lowest BCUT2D eigenvalue weighted by molar-refractivity contribution is 0.0954. The summed E-state index contributed by atoms with van der Waals surface area (Å²) in [5.74, 6) is 0.659. The van der Waals surface area contributed by atoms with Gasteiger partial charge in [-0.05, 0) is 49.2 Å². The molecule has 2 aromatic carbocycles. The van der Waals surface area contributed by atoms with E-state index >= 15 is 0 Å². The third-order valence-electron chi connectivity index (χ3n) is 5.30. The number of benzene rings is 2. The molecule has 0 bridgehead atoms. The number of likely N-dealkylation sites (tertiary alicyclic amines) is 1. The van der Waals surface area contributed by atoms with Crippen LogP contribution in [0.4, 0.5) is 0 Å². The number of piperidine rings is 1. The second-order valence-electron chi connectivity index (χ2n) is 7.63. The van der Waals surface area contributed by atoms with Gasteiger partial charge in [-0.2, -0.15) is 0 Å². The SMILES string of the molecule is CN=C(NCCNC(=O)c1ccccc1)NCc1ccc(CN2CCCCC2)cc1. The van der Waals surface area contributed by atoms with Gasteiger partial charge in [0.15, 0.2) is 5.96 Å². The lowest BCUT2D eigenvalue weighted by Crippen LogP contribution is -2.41. The van der Waals surface area contributed by atoms with E-state index in [-0.39, 0.29) is 5.91 Å². The van der Waals surface area contributed by atoms with Crippen molar-refractivity contribution in [1.82, 2.24) is 20.9 Å². The predicted molar refractivity (Wildman–Crippen MR) is 123 cm³/mol. The summed E-state index contributed by atoms with van der Waals surface area (Å²) in [6.45, 7) is 5.33. The van der Waals surface area contributed by atoms with E-state index in [1.165, 1.54) is 43.5 Å². The fourth-order valence-electron chi connectivity index (χ4n) is 3.59. The molecule has 6 heteroatoms. The first kappa shape index (κ1) is 21.8. The summed E-state index contributed by atoms with van der Waals surface area (Å²) in [6, 6.07) is 18.0. The molecule has 0 radical (unpaired) electrons. The second kappa shape index (κ2) is 12.0. The molecule has 3 rings (SSSR count). The second-order valence-corrected chi connectivity index (χ2v) is 7.63. The molecule has 1 amide bonds. The van der Waals surface area contributed by atoms with Crippen molar-refractivity contribution >= 4 is 11.9 Å². The van der Waals surface area contributed by atoms with Crippen molar-refractivity contribution in [3.63, 3.8) is 0 Å². The monoisotopic (exact) mass is 407 g/mol. The van der Waals surface area contributed by atoms with Crippen molar-refractivity contribution in [2.24, 2.45) is 4.99 Å². The average molecular weight is 408 g/mol. The number of amides is 1. The molecule has 0 aliphatic carbocycles. The molecule has 160 valence electrons. The Hall–Kier alpha value is -2.86. The Balaban J connectivity index is 1.35. The van der Waals surface area contributed by atoms with Crippen molar-refractivity contribution in [3.05, 3.63) is 71.3 Å². The van der Waals surface area contributed by atoms with Crippen LogP contribution in [0.3, 0.4) is 0 Å². The number of carbonyl (C=O) groups excluding carboxylic acids is 1. The number of rotatable bonds is 8. The van der Waals surface area contributed by atoms with Crippen LogP contribution in [0.1, 0.15) is 40.7 Å². The Morgan fingerprint density at radius 1 is 0.867 bits per heavy atom. The average Bonchev–Trinajstić information content (AvgIpc) is 2.80. The van der Waals surface area contributed by atoms with Crippen LogP contribution in [0, 0.1) is 0 Å². The van der Waals surface area contributed by atoms with Crippen LogP contribution in [0.25, 0.3) is 0 Å². The van der Waals surface area contributed by atoms with Crippen molar-refractivity contribution < 1.29 is 4.79 Å². The maximum Gasteiger partial charge on any atom is 0.251 e. The van der Waals surface area contributed by atoms with Crippen LogP contribution in [-0.2, 0) is 13.1 Å². The molecule has 1 saturated heterocycles. The van der Waals surface area contributed by atoms with Crippen molar-refractivity contribution in [2.75, 3.05) is 33.2 Å². The number of hydrogen-bond donors (Lipinski definition) is 3. The topological polar surface area (TPSA) is 68.8 Å². The Bertz CT molecular complexity index is 798. The van der Waals surface area contributed by atoms with Crippen LogP contribution in [-0.4, -0.2) is 50.0 Å². The summed E-state index contributed by atoms with van der Waals surface area (Å²) in [6.07, 6.45) is 4.02. The van der Waals surface area contributed by atoms with E-state index < -0.39 is 0 Å². The minimum absolute atomic E-state index is 0.0648. The van der Waals surface area contributed by atoms with E-state index in [9.17, 15) is 4.79 Å². The quantitative estimate of drug-likeness (QED) is 0.358. The van der Waals surface area contributed by atoms with Crippen LogP contribution in [0.5, 0.6) is 0 Å². The molecule has 30 heavy (non-hydrogen) atoms. The van der Waals surface area contributed by atoms with Gasteiger partial charge in [0.2, 0.25) is 0 Å². The van der Waals surface area contributed by atoms with Gasteiger partial charge in [0.25, 0.3) is 5.91 Å². The zero-order valence-electron chi connectivity index (χ0n) is 17.9. The third kappa shape index (κ3) is 7.19. The maximum atomic E-state index is 12.0. The van der Waals surface area contributed by atoms with Gasteiger partial charge in [-0.25, -0.2) is 0 Å². The van der Waals surface area contributed by atoms with Gasteiger partial charge >= 0.3 is 0 Å². The summed E-state index contributed by atoms with van der Waals surface area (Å²) in [4.78, 5) is 18.8. The first-order valence-corrected chi connectivity index (χ1v) is 10.8. The number of nitrogens with zero attached hydrogens (tertiary/aromatic N) is 2. The molecule has 1 fully saturated rings. The Morgan fingerprint density at radius 3 is 2.23 bits per heavy atom. The minimum atomic E-state index is -0.0648. The number of carbonyl (C=O) groups is 1.